The van der Waals surface area contributed by atoms with Crippen LogP contribution in [0, 0.1) is 0 Å². The van der Waals surface area contributed by atoms with E-state index in [1.165, 1.54) is 0 Å². The smallest absolute Gasteiger partial charge is 0.361 e. The summed E-state index contributed by atoms with van der Waals surface area (Å²) < 4.78 is 75.8. The van der Waals surface area contributed by atoms with Crippen molar-refractivity contribution in [2.75, 3.05) is 0 Å². The van der Waals surface area contributed by atoms with Gasteiger partial charge in [0.15, 0.2) is 5.43 Å². The first-order chi connectivity index (χ1) is 8.60. The fourth-order valence-corrected chi connectivity index (χ4v) is 1.70. The molecule has 2 rings (SSSR count). The average Bonchev–Trinajstić information content (AvgIpc) is 2.25. The molecule has 102 valence electrons. The number of benzene rings is 1. The summed E-state index contributed by atoms with van der Waals surface area (Å²) in [5, 5.41) is -0.803. The number of alkyl halides is 6. The Morgan fingerprint density at radius 2 is 1.58 bits per heavy atom. The van der Waals surface area contributed by atoms with E-state index in [0.29, 0.717) is 6.07 Å². The van der Waals surface area contributed by atoms with Crippen molar-refractivity contribution in [3.8, 4) is 0 Å². The highest BCUT2D eigenvalue weighted by Gasteiger charge is 2.38. The van der Waals surface area contributed by atoms with E-state index in [9.17, 15) is 31.1 Å². The van der Waals surface area contributed by atoms with Crippen LogP contribution in [0.3, 0.4) is 0 Å². The van der Waals surface area contributed by atoms with Gasteiger partial charge in [0.25, 0.3) is 0 Å². The van der Waals surface area contributed by atoms with Crippen LogP contribution in [0.25, 0.3) is 10.9 Å². The van der Waals surface area contributed by atoms with Gasteiger partial charge in [0.1, 0.15) is 0 Å². The van der Waals surface area contributed by atoms with E-state index in [-0.39, 0.29) is 6.07 Å². The lowest BCUT2D eigenvalue weighted by Crippen LogP contribution is -2.15. The standard InChI is InChI=1S/C11H5F6NO/c12-10(13,14)5-3-6(11(15,16)17)9-7(4-5)18-2-1-8(9)19/h1-4H,(H,18,19). The van der Waals surface area contributed by atoms with Crippen LogP contribution in [0.15, 0.2) is 29.2 Å². The molecule has 0 fully saturated rings. The third kappa shape index (κ3) is 2.42. The van der Waals surface area contributed by atoms with Crippen molar-refractivity contribution in [1.82, 2.24) is 4.98 Å². The molecule has 1 heterocycles. The van der Waals surface area contributed by atoms with Crippen LogP contribution in [-0.2, 0) is 12.4 Å². The number of H-pyrrole nitrogens is 1. The zero-order valence-electron chi connectivity index (χ0n) is 8.99. The summed E-state index contributed by atoms with van der Waals surface area (Å²) in [6.07, 6.45) is -8.99. The van der Waals surface area contributed by atoms with E-state index >= 15 is 0 Å². The molecule has 19 heavy (non-hydrogen) atoms. The number of pyridine rings is 1. The van der Waals surface area contributed by atoms with Crippen molar-refractivity contribution in [2.45, 2.75) is 12.4 Å². The molecule has 2 aromatic rings. The minimum absolute atomic E-state index is 0.0580. The minimum Gasteiger partial charge on any atom is -0.361 e. The lowest BCUT2D eigenvalue weighted by Gasteiger charge is -2.14. The maximum atomic E-state index is 12.7. The van der Waals surface area contributed by atoms with Crippen LogP contribution in [0.5, 0.6) is 0 Å². The van der Waals surface area contributed by atoms with Gasteiger partial charge in [0.2, 0.25) is 0 Å². The number of fused-ring (bicyclic) bond motifs is 1. The lowest BCUT2D eigenvalue weighted by molar-refractivity contribution is -0.142. The van der Waals surface area contributed by atoms with Crippen molar-refractivity contribution in [1.29, 1.82) is 0 Å². The van der Waals surface area contributed by atoms with Gasteiger partial charge >= 0.3 is 12.4 Å². The van der Waals surface area contributed by atoms with Crippen LogP contribution in [0.2, 0.25) is 0 Å². The van der Waals surface area contributed by atoms with Crippen molar-refractivity contribution in [3.63, 3.8) is 0 Å². The third-order valence-corrected chi connectivity index (χ3v) is 2.49. The van der Waals surface area contributed by atoms with Crippen LogP contribution in [0.1, 0.15) is 11.1 Å². The number of hydrogen-bond acceptors (Lipinski definition) is 1. The molecule has 0 saturated carbocycles. The minimum atomic E-state index is -5.05. The molecule has 0 atom stereocenters. The SMILES string of the molecule is O=c1cc[nH]c2cc(C(F)(F)F)cc(C(F)(F)F)c12. The molecular formula is C11H5F6NO. The maximum Gasteiger partial charge on any atom is 0.417 e. The molecule has 0 amide bonds. The Morgan fingerprint density at radius 1 is 0.947 bits per heavy atom. The fraction of sp³-hybridized carbons (Fsp3) is 0.182. The van der Waals surface area contributed by atoms with Gasteiger partial charge in [0, 0.05) is 12.3 Å². The summed E-state index contributed by atoms with van der Waals surface area (Å²) in [7, 11) is 0. The van der Waals surface area contributed by atoms with E-state index < -0.39 is 39.8 Å². The van der Waals surface area contributed by atoms with Crippen molar-refractivity contribution in [2.24, 2.45) is 0 Å². The topological polar surface area (TPSA) is 32.9 Å². The summed E-state index contributed by atoms with van der Waals surface area (Å²) in [4.78, 5) is 13.6. The third-order valence-electron chi connectivity index (χ3n) is 2.49. The molecule has 1 aromatic carbocycles. The molecule has 0 saturated heterocycles. The number of aromatic amines is 1. The molecule has 0 aliphatic heterocycles. The Labute approximate surface area is 101 Å². The predicted molar refractivity (Wildman–Crippen MR) is 54.6 cm³/mol. The quantitative estimate of drug-likeness (QED) is 0.736. The van der Waals surface area contributed by atoms with E-state index in [4.69, 9.17) is 0 Å². The summed E-state index contributed by atoms with van der Waals surface area (Å²) in [6.45, 7) is 0. The molecule has 2 nitrogen and oxygen atoms in total. The second-order valence-electron chi connectivity index (χ2n) is 3.78. The molecule has 0 aliphatic rings. The van der Waals surface area contributed by atoms with Gasteiger partial charge in [-0.2, -0.15) is 26.3 Å². The van der Waals surface area contributed by atoms with Gasteiger partial charge < -0.3 is 4.98 Å². The maximum absolute atomic E-state index is 12.7. The van der Waals surface area contributed by atoms with Crippen molar-refractivity contribution >= 4 is 10.9 Å². The van der Waals surface area contributed by atoms with Gasteiger partial charge in [-0.05, 0) is 12.1 Å². The number of halogens is 6. The lowest BCUT2D eigenvalue weighted by atomic mass is 10.0. The van der Waals surface area contributed by atoms with Gasteiger partial charge in [-0.3, -0.25) is 4.79 Å². The highest BCUT2D eigenvalue weighted by atomic mass is 19.4. The number of nitrogens with one attached hydrogen (secondary N) is 1. The largest absolute Gasteiger partial charge is 0.417 e. The van der Waals surface area contributed by atoms with Crippen LogP contribution >= 0.6 is 0 Å². The molecule has 1 N–H and O–H groups in total. The summed E-state index contributed by atoms with van der Waals surface area (Å²) >= 11 is 0. The Hall–Kier alpha value is -1.99. The Kier molecular flexibility index (Phi) is 2.83. The second kappa shape index (κ2) is 4.01. The van der Waals surface area contributed by atoms with E-state index in [1.807, 2.05) is 0 Å². The van der Waals surface area contributed by atoms with Crippen molar-refractivity contribution in [3.05, 3.63) is 45.7 Å². The van der Waals surface area contributed by atoms with E-state index in [0.717, 1.165) is 12.3 Å². The summed E-state index contributed by atoms with van der Waals surface area (Å²) in [5.74, 6) is 0. The van der Waals surface area contributed by atoms with Crippen molar-refractivity contribution < 1.29 is 26.3 Å². The van der Waals surface area contributed by atoms with Gasteiger partial charge in [-0.1, -0.05) is 0 Å². The van der Waals surface area contributed by atoms with Crippen LogP contribution in [0.4, 0.5) is 26.3 Å². The fourth-order valence-electron chi connectivity index (χ4n) is 1.70. The van der Waals surface area contributed by atoms with E-state index in [1.54, 1.807) is 0 Å². The molecule has 0 unspecified atom stereocenters. The van der Waals surface area contributed by atoms with Gasteiger partial charge in [0.05, 0.1) is 22.0 Å². The highest BCUT2D eigenvalue weighted by molar-refractivity contribution is 5.83. The van der Waals surface area contributed by atoms with Crippen LogP contribution < -0.4 is 5.43 Å². The average molecular weight is 281 g/mol. The highest BCUT2D eigenvalue weighted by Crippen LogP contribution is 2.38. The molecule has 0 aliphatic carbocycles. The number of aromatic nitrogens is 1. The zero-order chi connectivity index (χ0) is 14.4. The molecule has 8 heteroatoms. The molecule has 0 bridgehead atoms. The first-order valence-corrected chi connectivity index (χ1v) is 4.90. The summed E-state index contributed by atoms with van der Waals surface area (Å²) in [5.41, 5.74) is -4.56. The monoisotopic (exact) mass is 281 g/mol. The first kappa shape index (κ1) is 13.4. The number of hydrogen-bond donors (Lipinski definition) is 1. The number of rotatable bonds is 0. The molecule has 0 radical (unpaired) electrons. The predicted octanol–water partition coefficient (Wildman–Crippen LogP) is 3.57. The molecular weight excluding hydrogens is 276 g/mol. The molecule has 0 spiro atoms. The Morgan fingerprint density at radius 3 is 2.11 bits per heavy atom. The second-order valence-corrected chi connectivity index (χ2v) is 3.78. The zero-order valence-corrected chi connectivity index (χ0v) is 8.99. The summed E-state index contributed by atoms with van der Waals surface area (Å²) in [6, 6.07) is 1.24. The van der Waals surface area contributed by atoms with Crippen LogP contribution in [-0.4, -0.2) is 4.98 Å². The van der Waals surface area contributed by atoms with Gasteiger partial charge in [-0.25, -0.2) is 0 Å². The Bertz CT molecular complexity index is 682. The molecule has 1 aromatic heterocycles. The normalized spacial score (nSPS) is 12.9. The van der Waals surface area contributed by atoms with E-state index in [2.05, 4.69) is 4.98 Å². The first-order valence-electron chi connectivity index (χ1n) is 4.90. The Balaban J connectivity index is 2.94. The van der Waals surface area contributed by atoms with Gasteiger partial charge in [-0.15, -0.1) is 0 Å².